The number of hydroxylamine groups is 2. The summed E-state index contributed by atoms with van der Waals surface area (Å²) >= 11 is 0. The Morgan fingerprint density at radius 2 is 1.22 bits per heavy atom. The molecule has 0 aliphatic rings. The number of imidazole rings is 3. The highest BCUT2D eigenvalue weighted by Crippen LogP contribution is 2.25. The third-order valence-electron chi connectivity index (χ3n) is 9.20. The summed E-state index contributed by atoms with van der Waals surface area (Å²) < 4.78 is 5.25. The lowest BCUT2D eigenvalue weighted by atomic mass is 10.1. The number of fused-ring (bicyclic) bond motifs is 9. The number of nitrogens with zero attached hydrogens (tertiary/aromatic N) is 6. The minimum Gasteiger partial charge on any atom is -0.480 e. The monoisotopic (exact) mass is 737 g/mol. The van der Waals surface area contributed by atoms with Crippen molar-refractivity contribution in [2.24, 2.45) is 5.73 Å². The van der Waals surface area contributed by atoms with Gasteiger partial charge in [0.25, 0.3) is 5.91 Å². The predicted molar refractivity (Wildman–Crippen MR) is 205 cm³/mol. The molecule has 3 aromatic carbocycles. The van der Waals surface area contributed by atoms with Gasteiger partial charge in [-0.15, -0.1) is 0 Å². The Bertz CT molecular complexity index is 2910. The number of amides is 2. The maximum Gasteiger partial charge on any atom is 0.328 e. The van der Waals surface area contributed by atoms with Gasteiger partial charge >= 0.3 is 11.9 Å². The number of carboxylic acid groups (broad SMARTS) is 1. The third kappa shape index (κ3) is 7.00. The van der Waals surface area contributed by atoms with E-state index < -0.39 is 23.8 Å². The Kier molecular flexibility index (Phi) is 9.89. The Labute approximate surface area is 311 Å². The van der Waals surface area contributed by atoms with Crippen molar-refractivity contribution in [2.45, 2.75) is 26.3 Å². The largest absolute Gasteiger partial charge is 0.480 e. The molecule has 2 amide bonds. The number of pyridine rings is 3. The van der Waals surface area contributed by atoms with Crippen LogP contribution in [-0.4, -0.2) is 61.5 Å². The molecule has 1 atom stereocenters. The zero-order valence-corrected chi connectivity index (χ0v) is 29.6. The van der Waals surface area contributed by atoms with Gasteiger partial charge in [-0.2, -0.15) is 0 Å². The van der Waals surface area contributed by atoms with E-state index >= 15 is 0 Å². The summed E-state index contributed by atoms with van der Waals surface area (Å²) in [4.78, 5) is 46.0. The van der Waals surface area contributed by atoms with Crippen LogP contribution < -0.4 is 16.7 Å². The highest BCUT2D eigenvalue weighted by Gasteiger charge is 2.20. The molecule has 276 valence electrons. The number of aliphatic carboxylic acids is 1. The molecule has 55 heavy (non-hydrogen) atoms. The molecule has 0 bridgehead atoms. The molecule has 6 aromatic heterocycles. The van der Waals surface area contributed by atoms with Crippen molar-refractivity contribution in [1.82, 2.24) is 39.1 Å². The van der Waals surface area contributed by atoms with Crippen LogP contribution in [0.4, 0.5) is 0 Å². The standard InChI is InChI=1S/2C14H13N3O2.C12H9N3O2/c1-9-2-3-11-10(6-9)4-5-17-12(11)8-15-13(17)7-14(18)16-19;1-8-2-3-10-9(6-8)4-5-17-11(10)7-16-13(17)12(15)14(18)19;16-12(14-17)11-13-7-10-9-4-2-1-3-8(9)5-6-15(10)11/h2-6,8,19H,7H2,1H3,(H,16,18);2-7,12H,15H2,1H3,(H,18,19);1-7,17H,(H,14,16). The maximum absolute atomic E-state index is 11.4. The fourth-order valence-electron chi connectivity index (χ4n) is 6.53. The number of carboxylic acids is 1. The molecule has 9 rings (SSSR count). The summed E-state index contributed by atoms with van der Waals surface area (Å²) in [7, 11) is 0. The van der Waals surface area contributed by atoms with Crippen molar-refractivity contribution >= 4 is 66.7 Å². The molecule has 0 saturated heterocycles. The minimum atomic E-state index is -1.12. The molecule has 9 aromatic rings. The summed E-state index contributed by atoms with van der Waals surface area (Å²) in [5.74, 6) is -1.09. The number of hydrogen-bond donors (Lipinski definition) is 6. The molecule has 1 unspecified atom stereocenters. The maximum atomic E-state index is 11.4. The second-order valence-corrected chi connectivity index (χ2v) is 12.8. The van der Waals surface area contributed by atoms with Crippen molar-refractivity contribution in [1.29, 1.82) is 0 Å². The Morgan fingerprint density at radius 3 is 1.87 bits per heavy atom. The third-order valence-corrected chi connectivity index (χ3v) is 9.20. The van der Waals surface area contributed by atoms with Crippen LogP contribution in [0.2, 0.25) is 0 Å². The SMILES string of the molecule is Cc1ccc2c(ccn3c(C(N)C(=O)O)ncc23)c1.Cc1ccc2c(ccn3c(CC(=O)NO)ncc23)c1.O=C(NO)c1ncc2c3ccccc3ccn12. The first-order valence-electron chi connectivity index (χ1n) is 17.0. The van der Waals surface area contributed by atoms with Crippen LogP contribution in [0.15, 0.2) is 116 Å². The van der Waals surface area contributed by atoms with E-state index in [1.165, 1.54) is 11.1 Å². The van der Waals surface area contributed by atoms with Gasteiger partial charge in [-0.1, -0.05) is 71.8 Å². The van der Waals surface area contributed by atoms with Crippen molar-refractivity contribution in [3.8, 4) is 0 Å². The van der Waals surface area contributed by atoms with Crippen LogP contribution in [-0.2, 0) is 16.0 Å². The molecular weight excluding hydrogens is 702 g/mol. The average Bonchev–Trinajstić information content (AvgIpc) is 3.95. The van der Waals surface area contributed by atoms with Crippen molar-refractivity contribution in [3.05, 3.63) is 145 Å². The van der Waals surface area contributed by atoms with E-state index in [0.29, 0.717) is 11.6 Å². The van der Waals surface area contributed by atoms with Gasteiger partial charge in [-0.05, 0) is 48.2 Å². The molecule has 0 spiro atoms. The topological polar surface area (TPSA) is 214 Å². The summed E-state index contributed by atoms with van der Waals surface area (Å²) in [6, 6.07) is 24.9. The fourth-order valence-corrected chi connectivity index (χ4v) is 6.53. The van der Waals surface area contributed by atoms with Gasteiger partial charge in [0.15, 0.2) is 6.04 Å². The summed E-state index contributed by atoms with van der Waals surface area (Å²) in [6.07, 6.45) is 10.5. The first-order chi connectivity index (χ1) is 26.6. The van der Waals surface area contributed by atoms with E-state index in [1.807, 2.05) is 78.3 Å². The number of nitrogens with one attached hydrogen (secondary N) is 2. The molecular formula is C40H35N9O6. The molecule has 7 N–H and O–H groups in total. The number of carbonyl (C=O) groups is 3. The lowest BCUT2D eigenvalue weighted by molar-refractivity contribution is -0.138. The molecule has 0 saturated carbocycles. The van der Waals surface area contributed by atoms with Gasteiger partial charge in [-0.25, -0.2) is 25.9 Å². The highest BCUT2D eigenvalue weighted by atomic mass is 16.5. The van der Waals surface area contributed by atoms with Crippen molar-refractivity contribution in [2.75, 3.05) is 0 Å². The molecule has 0 fully saturated rings. The molecule has 0 aliphatic heterocycles. The van der Waals surface area contributed by atoms with Crippen LogP contribution in [0.5, 0.6) is 0 Å². The highest BCUT2D eigenvalue weighted by molar-refractivity contribution is 5.99. The van der Waals surface area contributed by atoms with E-state index in [-0.39, 0.29) is 12.2 Å². The first kappa shape index (κ1) is 36.2. The summed E-state index contributed by atoms with van der Waals surface area (Å²) in [5, 5.41) is 32.6. The Morgan fingerprint density at radius 1 is 0.673 bits per heavy atom. The van der Waals surface area contributed by atoms with E-state index in [4.69, 9.17) is 21.3 Å². The number of carbonyl (C=O) groups excluding carboxylic acids is 2. The van der Waals surface area contributed by atoms with Crippen LogP contribution in [0.25, 0.3) is 48.9 Å². The van der Waals surface area contributed by atoms with Crippen LogP contribution in [0.3, 0.4) is 0 Å². The smallest absolute Gasteiger partial charge is 0.328 e. The second-order valence-electron chi connectivity index (χ2n) is 12.8. The lowest BCUT2D eigenvalue weighted by Gasteiger charge is -2.07. The zero-order chi connectivity index (χ0) is 38.8. The fraction of sp³-hybridized carbons (Fsp3) is 0.100. The van der Waals surface area contributed by atoms with Crippen LogP contribution >= 0.6 is 0 Å². The van der Waals surface area contributed by atoms with E-state index in [0.717, 1.165) is 48.9 Å². The molecule has 15 heteroatoms. The van der Waals surface area contributed by atoms with Gasteiger partial charge < -0.3 is 19.6 Å². The average molecular weight is 738 g/mol. The number of aromatic nitrogens is 6. The number of hydrogen-bond acceptors (Lipinski definition) is 9. The quantitative estimate of drug-likeness (QED) is 0.0986. The number of benzene rings is 3. The normalized spacial score (nSPS) is 11.7. The minimum absolute atomic E-state index is 0.0437. The number of rotatable bonds is 5. The first-order valence-corrected chi connectivity index (χ1v) is 17.0. The number of aryl methyl sites for hydroxylation is 2. The predicted octanol–water partition coefficient (Wildman–Crippen LogP) is 5.33. The van der Waals surface area contributed by atoms with Gasteiger partial charge in [0.2, 0.25) is 5.82 Å². The summed E-state index contributed by atoms with van der Waals surface area (Å²) in [5.41, 5.74) is 13.9. The number of nitrogens with two attached hydrogens (primary N) is 1. The van der Waals surface area contributed by atoms with Gasteiger partial charge in [0.1, 0.15) is 11.6 Å². The van der Waals surface area contributed by atoms with Crippen LogP contribution in [0, 0.1) is 13.8 Å². The van der Waals surface area contributed by atoms with Gasteiger partial charge in [0.05, 0.1) is 41.6 Å². The molecule has 0 radical (unpaired) electrons. The van der Waals surface area contributed by atoms with E-state index in [2.05, 4.69) is 46.1 Å². The van der Waals surface area contributed by atoms with Crippen molar-refractivity contribution < 1.29 is 29.9 Å². The summed E-state index contributed by atoms with van der Waals surface area (Å²) in [6.45, 7) is 4.09. The Hall–Kier alpha value is -7.20. The molecule has 0 aliphatic carbocycles. The molecule has 6 heterocycles. The van der Waals surface area contributed by atoms with E-state index in [9.17, 15) is 14.4 Å². The second kappa shape index (κ2) is 15.0. The van der Waals surface area contributed by atoms with Crippen molar-refractivity contribution in [3.63, 3.8) is 0 Å². The Balaban J connectivity index is 0.000000127. The van der Waals surface area contributed by atoms with Crippen LogP contribution in [0.1, 0.15) is 39.4 Å². The van der Waals surface area contributed by atoms with E-state index in [1.54, 1.807) is 44.5 Å². The lowest BCUT2D eigenvalue weighted by Crippen LogP contribution is -2.23. The molecule has 15 nitrogen and oxygen atoms in total. The zero-order valence-electron chi connectivity index (χ0n) is 29.6. The van der Waals surface area contributed by atoms with Gasteiger partial charge in [-0.3, -0.25) is 29.2 Å². The van der Waals surface area contributed by atoms with Gasteiger partial charge in [0, 0.05) is 34.7 Å².